The normalized spacial score (nSPS) is 10.7. The first-order valence-corrected chi connectivity index (χ1v) is 9.40. The second kappa shape index (κ2) is 9.40. The first-order chi connectivity index (χ1) is 14.8. The Morgan fingerprint density at radius 2 is 1.90 bits per heavy atom. The summed E-state index contributed by atoms with van der Waals surface area (Å²) in [5.74, 6) is -0.647. The van der Waals surface area contributed by atoms with E-state index >= 15 is 0 Å². The molecule has 0 aliphatic carbocycles. The Bertz CT molecular complexity index is 1090. The van der Waals surface area contributed by atoms with E-state index in [1.807, 2.05) is 0 Å². The molecule has 0 saturated heterocycles. The summed E-state index contributed by atoms with van der Waals surface area (Å²) in [6, 6.07) is 10.9. The number of halogens is 1. The Labute approximate surface area is 178 Å². The molecular weight excluding hydrogens is 403 g/mol. The third-order valence-corrected chi connectivity index (χ3v) is 4.51. The number of benzene rings is 2. The van der Waals surface area contributed by atoms with Crippen molar-refractivity contribution in [2.75, 3.05) is 40.2 Å². The number of nitrogens with zero attached hydrogens (tertiary/aromatic N) is 2. The lowest BCUT2D eigenvalue weighted by Crippen LogP contribution is -2.21. The number of aromatic nitrogens is 1. The standard InChI is InChI=1S/C22H23FN4O4/c1-27(2)22(28)14-6-4-13(5-7-14)18-12-20(31-26-18)21(25)15-10-16(23)19(11-17(15)24)30-9-8-29-3/h4-7,10-12,25H,8-9,24H2,1-3H3. The van der Waals surface area contributed by atoms with E-state index in [1.165, 1.54) is 18.1 Å². The maximum Gasteiger partial charge on any atom is 0.253 e. The summed E-state index contributed by atoms with van der Waals surface area (Å²) in [4.78, 5) is 13.5. The van der Waals surface area contributed by atoms with E-state index in [1.54, 1.807) is 44.4 Å². The number of nitrogens with one attached hydrogen (secondary N) is 1. The van der Waals surface area contributed by atoms with Crippen LogP contribution in [0.3, 0.4) is 0 Å². The largest absolute Gasteiger partial charge is 0.488 e. The van der Waals surface area contributed by atoms with Gasteiger partial charge in [0.2, 0.25) is 0 Å². The number of nitrogens with two attached hydrogens (primary N) is 1. The average molecular weight is 426 g/mol. The topological polar surface area (TPSA) is 115 Å². The van der Waals surface area contributed by atoms with Gasteiger partial charge in [-0.25, -0.2) is 4.39 Å². The molecule has 0 radical (unpaired) electrons. The number of carbonyl (C=O) groups excluding carboxylic acids is 1. The minimum atomic E-state index is -0.647. The Morgan fingerprint density at radius 3 is 2.55 bits per heavy atom. The molecule has 9 heteroatoms. The van der Waals surface area contributed by atoms with Gasteiger partial charge in [-0.15, -0.1) is 0 Å². The van der Waals surface area contributed by atoms with Crippen LogP contribution in [0, 0.1) is 11.2 Å². The molecule has 0 fully saturated rings. The zero-order valence-electron chi connectivity index (χ0n) is 17.4. The molecular formula is C22H23FN4O4. The fraction of sp³-hybridized carbons (Fsp3) is 0.227. The molecule has 0 atom stereocenters. The number of hydrogen-bond acceptors (Lipinski definition) is 7. The maximum atomic E-state index is 14.4. The van der Waals surface area contributed by atoms with Crippen LogP contribution in [0.25, 0.3) is 11.3 Å². The highest BCUT2D eigenvalue weighted by molar-refractivity contribution is 6.12. The predicted octanol–water partition coefficient (Wildman–Crippen LogP) is 3.21. The van der Waals surface area contributed by atoms with E-state index in [4.69, 9.17) is 25.1 Å². The van der Waals surface area contributed by atoms with Crippen molar-refractivity contribution in [1.29, 1.82) is 5.41 Å². The number of methoxy groups -OCH3 is 1. The summed E-state index contributed by atoms with van der Waals surface area (Å²) in [5, 5.41) is 12.3. The Balaban J connectivity index is 1.80. The van der Waals surface area contributed by atoms with Crippen LogP contribution in [0.4, 0.5) is 10.1 Å². The highest BCUT2D eigenvalue weighted by Gasteiger charge is 2.18. The van der Waals surface area contributed by atoms with Gasteiger partial charge in [0, 0.05) is 55.7 Å². The van der Waals surface area contributed by atoms with Crippen LogP contribution in [0.2, 0.25) is 0 Å². The molecule has 0 aliphatic rings. The molecule has 2 aromatic carbocycles. The average Bonchev–Trinajstić information content (AvgIpc) is 3.25. The van der Waals surface area contributed by atoms with Crippen LogP contribution in [0.5, 0.6) is 5.75 Å². The number of amides is 1. The van der Waals surface area contributed by atoms with Gasteiger partial charge in [0.15, 0.2) is 17.3 Å². The molecule has 31 heavy (non-hydrogen) atoms. The molecule has 8 nitrogen and oxygen atoms in total. The summed E-state index contributed by atoms with van der Waals surface area (Å²) < 4.78 is 29.8. The fourth-order valence-electron chi connectivity index (χ4n) is 2.83. The molecule has 3 N–H and O–H groups in total. The number of nitrogen functional groups attached to an aromatic ring is 1. The van der Waals surface area contributed by atoms with Gasteiger partial charge >= 0.3 is 0 Å². The molecule has 1 amide bonds. The van der Waals surface area contributed by atoms with Crippen molar-refractivity contribution >= 4 is 17.3 Å². The van der Waals surface area contributed by atoms with Crippen molar-refractivity contribution in [3.05, 3.63) is 65.2 Å². The number of ether oxygens (including phenoxy) is 2. The highest BCUT2D eigenvalue weighted by atomic mass is 19.1. The van der Waals surface area contributed by atoms with Crippen LogP contribution in [-0.2, 0) is 4.74 Å². The van der Waals surface area contributed by atoms with Crippen molar-refractivity contribution in [2.24, 2.45) is 0 Å². The first kappa shape index (κ1) is 22.0. The van der Waals surface area contributed by atoms with Crippen molar-refractivity contribution < 1.29 is 23.2 Å². The predicted molar refractivity (Wildman–Crippen MR) is 114 cm³/mol. The highest BCUT2D eigenvalue weighted by Crippen LogP contribution is 2.28. The van der Waals surface area contributed by atoms with Crippen molar-refractivity contribution in [3.8, 4) is 17.0 Å². The van der Waals surface area contributed by atoms with Gasteiger partial charge in [0.25, 0.3) is 5.91 Å². The summed E-state index contributed by atoms with van der Waals surface area (Å²) in [6.45, 7) is 0.482. The molecule has 1 heterocycles. The van der Waals surface area contributed by atoms with Crippen LogP contribution in [-0.4, -0.2) is 56.1 Å². The molecule has 0 aliphatic heterocycles. The lowest BCUT2D eigenvalue weighted by molar-refractivity contribution is 0.0827. The Hall–Kier alpha value is -3.72. The molecule has 0 unspecified atom stereocenters. The smallest absolute Gasteiger partial charge is 0.253 e. The second-order valence-corrected chi connectivity index (χ2v) is 6.94. The first-order valence-electron chi connectivity index (χ1n) is 9.40. The monoisotopic (exact) mass is 426 g/mol. The Kier molecular flexibility index (Phi) is 6.66. The van der Waals surface area contributed by atoms with Crippen LogP contribution < -0.4 is 10.5 Å². The van der Waals surface area contributed by atoms with Crippen molar-refractivity contribution in [3.63, 3.8) is 0 Å². The quantitative estimate of drug-likeness (QED) is 0.325. The van der Waals surface area contributed by atoms with Gasteiger partial charge in [-0.3, -0.25) is 10.2 Å². The maximum absolute atomic E-state index is 14.4. The number of hydrogen-bond donors (Lipinski definition) is 2. The van der Waals surface area contributed by atoms with E-state index in [0.717, 1.165) is 6.07 Å². The zero-order chi connectivity index (χ0) is 22.5. The summed E-state index contributed by atoms with van der Waals surface area (Å²) in [7, 11) is 4.87. The lowest BCUT2D eigenvalue weighted by atomic mass is 10.0. The number of anilines is 1. The lowest BCUT2D eigenvalue weighted by Gasteiger charge is -2.11. The van der Waals surface area contributed by atoms with E-state index in [2.05, 4.69) is 5.16 Å². The van der Waals surface area contributed by atoms with Gasteiger partial charge in [0.05, 0.1) is 6.61 Å². The zero-order valence-corrected chi connectivity index (χ0v) is 17.4. The Morgan fingerprint density at radius 1 is 1.19 bits per heavy atom. The number of carbonyl (C=O) groups is 1. The SMILES string of the molecule is COCCOc1cc(N)c(C(=N)c2cc(-c3ccc(C(=O)N(C)C)cc3)no2)cc1F. The van der Waals surface area contributed by atoms with Gasteiger partial charge in [-0.2, -0.15) is 0 Å². The van der Waals surface area contributed by atoms with Crippen molar-refractivity contribution in [2.45, 2.75) is 0 Å². The molecule has 0 spiro atoms. The third kappa shape index (κ3) is 4.89. The molecule has 3 aromatic rings. The minimum Gasteiger partial charge on any atom is -0.488 e. The van der Waals surface area contributed by atoms with E-state index in [0.29, 0.717) is 23.4 Å². The van der Waals surface area contributed by atoms with Crippen LogP contribution in [0.15, 0.2) is 47.0 Å². The van der Waals surface area contributed by atoms with Gasteiger partial charge in [-0.05, 0) is 18.2 Å². The molecule has 0 saturated carbocycles. The molecule has 3 rings (SSSR count). The van der Waals surface area contributed by atoms with Gasteiger partial charge in [-0.1, -0.05) is 17.3 Å². The molecule has 1 aromatic heterocycles. The number of rotatable bonds is 8. The summed E-state index contributed by atoms with van der Waals surface area (Å²) in [6.07, 6.45) is 0. The van der Waals surface area contributed by atoms with Crippen molar-refractivity contribution in [1.82, 2.24) is 10.1 Å². The van der Waals surface area contributed by atoms with Gasteiger partial charge < -0.3 is 24.6 Å². The van der Waals surface area contributed by atoms with Gasteiger partial charge in [0.1, 0.15) is 18.0 Å². The van der Waals surface area contributed by atoms with E-state index in [-0.39, 0.29) is 41.0 Å². The minimum absolute atomic E-state index is 0.0169. The van der Waals surface area contributed by atoms with Crippen LogP contribution in [0.1, 0.15) is 21.7 Å². The molecule has 162 valence electrons. The fourth-order valence-corrected chi connectivity index (χ4v) is 2.83. The molecule has 0 bridgehead atoms. The summed E-state index contributed by atoms with van der Waals surface area (Å²) >= 11 is 0. The third-order valence-electron chi connectivity index (χ3n) is 4.51. The van der Waals surface area contributed by atoms with E-state index < -0.39 is 5.82 Å². The summed E-state index contributed by atoms with van der Waals surface area (Å²) in [5.41, 5.74) is 7.94. The second-order valence-electron chi connectivity index (χ2n) is 6.94. The van der Waals surface area contributed by atoms with E-state index in [9.17, 15) is 9.18 Å². The van der Waals surface area contributed by atoms with Crippen LogP contribution >= 0.6 is 0 Å².